The molecule has 0 aliphatic rings. The summed E-state index contributed by atoms with van der Waals surface area (Å²) in [6.45, 7) is 2.44. The minimum atomic E-state index is -0.398. The van der Waals surface area contributed by atoms with E-state index >= 15 is 0 Å². The van der Waals surface area contributed by atoms with E-state index in [-0.39, 0.29) is 0 Å². The van der Waals surface area contributed by atoms with Crippen LogP contribution in [-0.4, -0.2) is 17.1 Å². The molecule has 0 saturated heterocycles. The zero-order valence-corrected chi connectivity index (χ0v) is 10.1. The van der Waals surface area contributed by atoms with E-state index in [0.717, 1.165) is 15.7 Å². The molecule has 0 atom stereocenters. The fourth-order valence-electron chi connectivity index (χ4n) is 0.922. The molecular weight excluding hydrogens is 293 g/mol. The quantitative estimate of drug-likeness (QED) is 0.689. The first-order valence-corrected chi connectivity index (χ1v) is 5.81. The zero-order valence-electron chi connectivity index (χ0n) is 7.92. The Hall–Kier alpha value is -0.780. The molecule has 1 rings (SSSR count). The van der Waals surface area contributed by atoms with Gasteiger partial charge in [0.25, 0.3) is 0 Å². The molecule has 0 bridgehead atoms. The first-order chi connectivity index (χ1) is 6.72. The van der Waals surface area contributed by atoms with Gasteiger partial charge < -0.3 is 4.74 Å². The van der Waals surface area contributed by atoms with Crippen molar-refractivity contribution in [2.75, 3.05) is 16.4 Å². The molecule has 4 heteroatoms. The van der Waals surface area contributed by atoms with E-state index in [0.29, 0.717) is 6.61 Å². The third-order valence-electron chi connectivity index (χ3n) is 1.61. The van der Waals surface area contributed by atoms with Crippen molar-refractivity contribution in [3.63, 3.8) is 0 Å². The van der Waals surface area contributed by atoms with Gasteiger partial charge >= 0.3 is 6.09 Å². The largest absolute Gasteiger partial charge is 0.448 e. The second-order valence-corrected chi connectivity index (χ2v) is 3.89. The lowest BCUT2D eigenvalue weighted by molar-refractivity contribution is 0.169. The normalized spacial score (nSPS) is 9.57. The lowest BCUT2D eigenvalue weighted by Crippen LogP contribution is -2.14. The molecule has 0 aliphatic heterocycles. The molecule has 0 radical (unpaired) electrons. The van der Waals surface area contributed by atoms with Gasteiger partial charge in [-0.3, -0.25) is 5.32 Å². The first-order valence-electron chi connectivity index (χ1n) is 4.29. The SMILES string of the molecule is Cc1ccc(NC(=O)OCCI)cc1. The molecule has 1 aromatic rings. The lowest BCUT2D eigenvalue weighted by atomic mass is 10.2. The molecule has 3 nitrogen and oxygen atoms in total. The van der Waals surface area contributed by atoms with Crippen molar-refractivity contribution in [2.24, 2.45) is 0 Å². The van der Waals surface area contributed by atoms with Crippen LogP contribution in [0.2, 0.25) is 0 Å². The van der Waals surface area contributed by atoms with Crippen molar-refractivity contribution in [3.05, 3.63) is 29.8 Å². The number of ether oxygens (including phenoxy) is 1. The van der Waals surface area contributed by atoms with E-state index in [1.165, 1.54) is 0 Å². The first kappa shape index (κ1) is 11.3. The summed E-state index contributed by atoms with van der Waals surface area (Å²) in [4.78, 5) is 11.1. The van der Waals surface area contributed by atoms with Crippen LogP contribution in [0.25, 0.3) is 0 Å². The number of nitrogens with one attached hydrogen (secondary N) is 1. The standard InChI is InChI=1S/C10H12INO2/c1-8-2-4-9(5-3-8)12-10(13)14-7-6-11/h2-5H,6-7H2,1H3,(H,12,13). The van der Waals surface area contributed by atoms with Crippen molar-refractivity contribution in [1.29, 1.82) is 0 Å². The molecule has 0 spiro atoms. The van der Waals surface area contributed by atoms with Crippen LogP contribution in [0.1, 0.15) is 5.56 Å². The lowest BCUT2D eigenvalue weighted by Gasteiger charge is -2.05. The van der Waals surface area contributed by atoms with Gasteiger partial charge in [-0.25, -0.2) is 4.79 Å². The smallest absolute Gasteiger partial charge is 0.411 e. The molecular formula is C10H12INO2. The van der Waals surface area contributed by atoms with Crippen LogP contribution in [0.5, 0.6) is 0 Å². The Labute approximate surface area is 97.0 Å². The predicted octanol–water partition coefficient (Wildman–Crippen LogP) is 2.98. The summed E-state index contributed by atoms with van der Waals surface area (Å²) < 4.78 is 5.67. The number of amides is 1. The highest BCUT2D eigenvalue weighted by Crippen LogP contribution is 2.08. The number of anilines is 1. The molecule has 0 saturated carbocycles. The summed E-state index contributed by atoms with van der Waals surface area (Å²) in [7, 11) is 0. The average molecular weight is 305 g/mol. The van der Waals surface area contributed by atoms with E-state index in [2.05, 4.69) is 27.9 Å². The number of carbonyl (C=O) groups excluding carboxylic acids is 1. The Morgan fingerprint density at radius 1 is 1.43 bits per heavy atom. The van der Waals surface area contributed by atoms with E-state index in [1.807, 2.05) is 31.2 Å². The van der Waals surface area contributed by atoms with Gasteiger partial charge in [-0.1, -0.05) is 40.3 Å². The third kappa shape index (κ3) is 3.95. The van der Waals surface area contributed by atoms with E-state index in [4.69, 9.17) is 4.74 Å². The molecule has 0 aliphatic carbocycles. The molecule has 1 N–H and O–H groups in total. The van der Waals surface area contributed by atoms with E-state index < -0.39 is 6.09 Å². The van der Waals surface area contributed by atoms with Crippen LogP contribution >= 0.6 is 22.6 Å². The number of alkyl halides is 1. The number of halogens is 1. The molecule has 1 aromatic carbocycles. The summed E-state index contributed by atoms with van der Waals surface area (Å²) in [5.41, 5.74) is 1.92. The second kappa shape index (κ2) is 5.85. The molecule has 1 amide bonds. The van der Waals surface area contributed by atoms with Gasteiger partial charge in [-0.15, -0.1) is 0 Å². The number of aryl methyl sites for hydroxylation is 1. The molecule has 0 unspecified atom stereocenters. The van der Waals surface area contributed by atoms with Crippen LogP contribution in [-0.2, 0) is 4.74 Å². The summed E-state index contributed by atoms with van der Waals surface area (Å²) in [6, 6.07) is 7.57. The van der Waals surface area contributed by atoms with Crippen LogP contribution < -0.4 is 5.32 Å². The summed E-state index contributed by atoms with van der Waals surface area (Å²) in [5, 5.41) is 2.64. The average Bonchev–Trinajstić information content (AvgIpc) is 2.18. The second-order valence-electron chi connectivity index (χ2n) is 2.82. The van der Waals surface area contributed by atoms with Gasteiger partial charge in [0.1, 0.15) is 6.61 Å². The topological polar surface area (TPSA) is 38.3 Å². The van der Waals surface area contributed by atoms with Gasteiger partial charge in [0, 0.05) is 10.1 Å². The maximum Gasteiger partial charge on any atom is 0.411 e. The van der Waals surface area contributed by atoms with Crippen molar-refractivity contribution >= 4 is 34.4 Å². The molecule has 0 heterocycles. The van der Waals surface area contributed by atoms with Crippen molar-refractivity contribution in [3.8, 4) is 0 Å². The van der Waals surface area contributed by atoms with E-state index in [1.54, 1.807) is 0 Å². The van der Waals surface area contributed by atoms with Crippen molar-refractivity contribution in [1.82, 2.24) is 0 Å². The Kier molecular flexibility index (Phi) is 4.72. The van der Waals surface area contributed by atoms with Crippen molar-refractivity contribution < 1.29 is 9.53 Å². The fraction of sp³-hybridized carbons (Fsp3) is 0.300. The number of carbonyl (C=O) groups is 1. The number of hydrogen-bond donors (Lipinski definition) is 1. The van der Waals surface area contributed by atoms with Gasteiger partial charge in [-0.05, 0) is 19.1 Å². The van der Waals surface area contributed by atoms with Gasteiger partial charge in [0.05, 0.1) is 0 Å². The fourth-order valence-corrected chi connectivity index (χ4v) is 1.14. The highest BCUT2D eigenvalue weighted by molar-refractivity contribution is 14.1. The predicted molar refractivity (Wildman–Crippen MR) is 65.0 cm³/mol. The minimum Gasteiger partial charge on any atom is -0.448 e. The number of benzene rings is 1. The molecule has 14 heavy (non-hydrogen) atoms. The number of hydrogen-bond acceptors (Lipinski definition) is 2. The van der Waals surface area contributed by atoms with Gasteiger partial charge in [-0.2, -0.15) is 0 Å². The van der Waals surface area contributed by atoms with E-state index in [9.17, 15) is 4.79 Å². The van der Waals surface area contributed by atoms with Crippen LogP contribution in [0.15, 0.2) is 24.3 Å². The van der Waals surface area contributed by atoms with Crippen molar-refractivity contribution in [2.45, 2.75) is 6.92 Å². The van der Waals surface area contributed by atoms with Crippen LogP contribution in [0.4, 0.5) is 10.5 Å². The molecule has 0 aromatic heterocycles. The number of rotatable bonds is 3. The zero-order chi connectivity index (χ0) is 10.4. The highest BCUT2D eigenvalue weighted by atomic mass is 127. The maximum absolute atomic E-state index is 11.1. The highest BCUT2D eigenvalue weighted by Gasteiger charge is 2.01. The summed E-state index contributed by atoms with van der Waals surface area (Å²) in [6.07, 6.45) is -0.398. The Morgan fingerprint density at radius 2 is 2.07 bits per heavy atom. The summed E-state index contributed by atoms with van der Waals surface area (Å²) >= 11 is 2.15. The maximum atomic E-state index is 11.1. The van der Waals surface area contributed by atoms with Crippen LogP contribution in [0, 0.1) is 6.92 Å². The summed E-state index contributed by atoms with van der Waals surface area (Å²) in [5.74, 6) is 0. The minimum absolute atomic E-state index is 0.398. The Bertz CT molecular complexity index is 297. The third-order valence-corrected chi connectivity index (χ3v) is 2.05. The molecule has 0 fully saturated rings. The van der Waals surface area contributed by atoms with Gasteiger partial charge in [0.2, 0.25) is 0 Å². The monoisotopic (exact) mass is 305 g/mol. The Balaban J connectivity index is 2.44. The van der Waals surface area contributed by atoms with Crippen LogP contribution in [0.3, 0.4) is 0 Å². The Morgan fingerprint density at radius 3 is 2.64 bits per heavy atom. The van der Waals surface area contributed by atoms with Gasteiger partial charge in [0.15, 0.2) is 0 Å². The molecule has 76 valence electrons.